The largest absolute Gasteiger partial charge is 0.457 e. The molecule has 0 radical (unpaired) electrons. The molecule has 2 N–H and O–H groups in total. The molecule has 5 heteroatoms. The predicted octanol–water partition coefficient (Wildman–Crippen LogP) is 3.07. The summed E-state index contributed by atoms with van der Waals surface area (Å²) in [7, 11) is 0. The molecule has 2 heterocycles. The standard InChI is InChI=1S/C19H23N3O2/c1-14-8-10-22(15(11-14)13-20)19(23)18-12-17(7-9-21-18)24-16-5-3-2-4-6-16/h2-7,9,12,14-15H,8,10-11,13,20H2,1H3. The van der Waals surface area contributed by atoms with E-state index in [1.165, 1.54) is 0 Å². The lowest BCUT2D eigenvalue weighted by Gasteiger charge is -2.37. The molecule has 0 spiro atoms. The molecule has 0 bridgehead atoms. The van der Waals surface area contributed by atoms with Gasteiger partial charge in [-0.2, -0.15) is 0 Å². The van der Waals surface area contributed by atoms with Crippen molar-refractivity contribution >= 4 is 5.91 Å². The minimum Gasteiger partial charge on any atom is -0.457 e. The normalized spacial score (nSPS) is 20.7. The Kier molecular flexibility index (Phi) is 5.11. The van der Waals surface area contributed by atoms with Gasteiger partial charge >= 0.3 is 0 Å². The molecule has 2 unspecified atom stereocenters. The summed E-state index contributed by atoms with van der Waals surface area (Å²) in [5.41, 5.74) is 6.26. The molecule has 0 aliphatic carbocycles. The van der Waals surface area contributed by atoms with Crippen molar-refractivity contribution in [2.45, 2.75) is 25.8 Å². The fourth-order valence-electron chi connectivity index (χ4n) is 3.11. The van der Waals surface area contributed by atoms with Gasteiger partial charge in [-0.15, -0.1) is 0 Å². The SMILES string of the molecule is CC1CCN(C(=O)c2cc(Oc3ccccc3)ccn2)C(CN)C1. The van der Waals surface area contributed by atoms with Gasteiger partial charge in [0.2, 0.25) is 0 Å². The minimum atomic E-state index is -0.0733. The van der Waals surface area contributed by atoms with E-state index in [1.54, 1.807) is 18.3 Å². The van der Waals surface area contributed by atoms with E-state index in [0.717, 1.165) is 25.1 Å². The maximum absolute atomic E-state index is 12.8. The molecule has 1 aromatic carbocycles. The third-order valence-corrected chi connectivity index (χ3v) is 4.44. The van der Waals surface area contributed by atoms with E-state index in [-0.39, 0.29) is 11.9 Å². The van der Waals surface area contributed by atoms with Crippen LogP contribution in [0.3, 0.4) is 0 Å². The Morgan fingerprint density at radius 2 is 2.08 bits per heavy atom. The van der Waals surface area contributed by atoms with E-state index in [4.69, 9.17) is 10.5 Å². The van der Waals surface area contributed by atoms with Crippen molar-refractivity contribution in [3.8, 4) is 11.5 Å². The smallest absolute Gasteiger partial charge is 0.272 e. The quantitative estimate of drug-likeness (QED) is 0.938. The summed E-state index contributed by atoms with van der Waals surface area (Å²) in [6, 6.07) is 13.0. The number of para-hydroxylation sites is 1. The highest BCUT2D eigenvalue weighted by Gasteiger charge is 2.30. The number of ether oxygens (including phenoxy) is 1. The number of pyridine rings is 1. The van der Waals surface area contributed by atoms with Gasteiger partial charge in [0.05, 0.1) is 0 Å². The number of likely N-dealkylation sites (tertiary alicyclic amines) is 1. The average Bonchev–Trinajstić information content (AvgIpc) is 2.62. The number of nitrogens with zero attached hydrogens (tertiary/aromatic N) is 2. The van der Waals surface area contributed by atoms with Gasteiger partial charge in [-0.1, -0.05) is 25.1 Å². The minimum absolute atomic E-state index is 0.0733. The van der Waals surface area contributed by atoms with E-state index in [1.807, 2.05) is 35.2 Å². The Morgan fingerprint density at radius 1 is 1.29 bits per heavy atom. The zero-order valence-corrected chi connectivity index (χ0v) is 13.9. The van der Waals surface area contributed by atoms with Crippen LogP contribution in [0.2, 0.25) is 0 Å². The van der Waals surface area contributed by atoms with Crippen molar-refractivity contribution in [1.82, 2.24) is 9.88 Å². The molecule has 2 atom stereocenters. The van der Waals surface area contributed by atoms with Gasteiger partial charge in [0.1, 0.15) is 17.2 Å². The van der Waals surface area contributed by atoms with Gasteiger partial charge in [-0.05, 0) is 37.0 Å². The van der Waals surface area contributed by atoms with E-state index in [2.05, 4.69) is 11.9 Å². The molecule has 2 aromatic rings. The summed E-state index contributed by atoms with van der Waals surface area (Å²) >= 11 is 0. The number of carbonyl (C=O) groups excluding carboxylic acids is 1. The maximum Gasteiger partial charge on any atom is 0.272 e. The first-order valence-electron chi connectivity index (χ1n) is 8.37. The number of aromatic nitrogens is 1. The van der Waals surface area contributed by atoms with Crippen molar-refractivity contribution in [3.05, 3.63) is 54.4 Å². The first-order valence-corrected chi connectivity index (χ1v) is 8.37. The Balaban J connectivity index is 1.76. The van der Waals surface area contributed by atoms with E-state index in [0.29, 0.717) is 23.9 Å². The lowest BCUT2D eigenvalue weighted by Crippen LogP contribution is -2.49. The summed E-state index contributed by atoms with van der Waals surface area (Å²) in [6.45, 7) is 3.42. The van der Waals surface area contributed by atoms with Crippen molar-refractivity contribution < 1.29 is 9.53 Å². The number of amides is 1. The van der Waals surface area contributed by atoms with Crippen LogP contribution in [0.15, 0.2) is 48.7 Å². The molecule has 24 heavy (non-hydrogen) atoms. The molecule has 1 fully saturated rings. The lowest BCUT2D eigenvalue weighted by atomic mass is 9.92. The summed E-state index contributed by atoms with van der Waals surface area (Å²) < 4.78 is 5.79. The Labute approximate surface area is 142 Å². The fraction of sp³-hybridized carbons (Fsp3) is 0.368. The average molecular weight is 325 g/mol. The summed E-state index contributed by atoms with van der Waals surface area (Å²) in [5, 5.41) is 0. The summed E-state index contributed by atoms with van der Waals surface area (Å²) in [5.74, 6) is 1.86. The number of nitrogens with two attached hydrogens (primary N) is 1. The second-order valence-electron chi connectivity index (χ2n) is 6.31. The zero-order valence-electron chi connectivity index (χ0n) is 13.9. The van der Waals surface area contributed by atoms with Crippen LogP contribution in [-0.4, -0.2) is 34.9 Å². The molecule has 1 aliphatic rings. The molecular formula is C19H23N3O2. The van der Waals surface area contributed by atoms with Crippen LogP contribution in [0.4, 0.5) is 0 Å². The first-order chi connectivity index (χ1) is 11.7. The highest BCUT2D eigenvalue weighted by atomic mass is 16.5. The number of hydrogen-bond acceptors (Lipinski definition) is 4. The number of carbonyl (C=O) groups is 1. The van der Waals surface area contributed by atoms with Crippen LogP contribution in [-0.2, 0) is 0 Å². The van der Waals surface area contributed by atoms with E-state index >= 15 is 0 Å². The Morgan fingerprint density at radius 3 is 2.83 bits per heavy atom. The van der Waals surface area contributed by atoms with Crippen LogP contribution < -0.4 is 10.5 Å². The Hall–Kier alpha value is -2.40. The van der Waals surface area contributed by atoms with Crippen molar-refractivity contribution in [2.75, 3.05) is 13.1 Å². The van der Waals surface area contributed by atoms with Gasteiger partial charge < -0.3 is 15.4 Å². The van der Waals surface area contributed by atoms with Gasteiger partial charge in [0, 0.05) is 31.4 Å². The molecule has 1 aromatic heterocycles. The van der Waals surface area contributed by atoms with Gasteiger partial charge in [-0.3, -0.25) is 9.78 Å². The Bertz CT molecular complexity index is 690. The highest BCUT2D eigenvalue weighted by molar-refractivity contribution is 5.93. The monoisotopic (exact) mass is 325 g/mol. The van der Waals surface area contributed by atoms with Crippen molar-refractivity contribution in [2.24, 2.45) is 11.7 Å². The fourth-order valence-corrected chi connectivity index (χ4v) is 3.11. The second kappa shape index (κ2) is 7.45. The highest BCUT2D eigenvalue weighted by Crippen LogP contribution is 2.25. The van der Waals surface area contributed by atoms with Gasteiger partial charge in [0.15, 0.2) is 0 Å². The molecule has 5 nitrogen and oxygen atoms in total. The number of benzene rings is 1. The van der Waals surface area contributed by atoms with E-state index < -0.39 is 0 Å². The second-order valence-corrected chi connectivity index (χ2v) is 6.31. The first kappa shape index (κ1) is 16.5. The maximum atomic E-state index is 12.8. The van der Waals surface area contributed by atoms with E-state index in [9.17, 15) is 4.79 Å². The van der Waals surface area contributed by atoms with Crippen LogP contribution in [0, 0.1) is 5.92 Å². The number of piperidine rings is 1. The number of rotatable bonds is 4. The zero-order chi connectivity index (χ0) is 16.9. The summed E-state index contributed by atoms with van der Waals surface area (Å²) in [4.78, 5) is 18.9. The third-order valence-electron chi connectivity index (χ3n) is 4.44. The molecule has 1 amide bonds. The van der Waals surface area contributed by atoms with Crippen LogP contribution in [0.25, 0.3) is 0 Å². The number of hydrogen-bond donors (Lipinski definition) is 1. The molecule has 1 saturated heterocycles. The summed E-state index contributed by atoms with van der Waals surface area (Å²) in [6.07, 6.45) is 3.56. The molecular weight excluding hydrogens is 302 g/mol. The predicted molar refractivity (Wildman–Crippen MR) is 93.0 cm³/mol. The van der Waals surface area contributed by atoms with Crippen LogP contribution >= 0.6 is 0 Å². The van der Waals surface area contributed by atoms with Gasteiger partial charge in [0.25, 0.3) is 5.91 Å². The third kappa shape index (κ3) is 3.74. The lowest BCUT2D eigenvalue weighted by molar-refractivity contribution is 0.0567. The molecule has 1 aliphatic heterocycles. The topological polar surface area (TPSA) is 68.5 Å². The van der Waals surface area contributed by atoms with Crippen molar-refractivity contribution in [3.63, 3.8) is 0 Å². The van der Waals surface area contributed by atoms with Crippen LogP contribution in [0.5, 0.6) is 11.5 Å². The molecule has 0 saturated carbocycles. The van der Waals surface area contributed by atoms with Gasteiger partial charge in [-0.25, -0.2) is 0 Å². The van der Waals surface area contributed by atoms with Crippen molar-refractivity contribution in [1.29, 1.82) is 0 Å². The molecule has 126 valence electrons. The van der Waals surface area contributed by atoms with Crippen LogP contribution in [0.1, 0.15) is 30.3 Å². The molecule has 3 rings (SSSR count).